The van der Waals surface area contributed by atoms with E-state index in [9.17, 15) is 18.7 Å². The normalized spacial score (nSPS) is 23.8. The molecule has 1 aliphatic carbocycles. The Kier molecular flexibility index (Phi) is 3.38. The Hall–Kier alpha value is -2.34. The highest BCUT2D eigenvalue weighted by Gasteiger charge is 2.54. The van der Waals surface area contributed by atoms with E-state index in [1.165, 1.54) is 0 Å². The molecule has 0 bridgehead atoms. The minimum Gasteiger partial charge on any atom is -0.364 e. The number of rotatable bonds is 3. The van der Waals surface area contributed by atoms with Crippen LogP contribution in [0.4, 0.5) is 8.78 Å². The molecule has 24 heavy (non-hydrogen) atoms. The van der Waals surface area contributed by atoms with Gasteiger partial charge in [-0.2, -0.15) is 10.1 Å². The molecule has 0 spiro atoms. The lowest BCUT2D eigenvalue weighted by Crippen LogP contribution is -2.51. The van der Waals surface area contributed by atoms with Gasteiger partial charge in [0, 0.05) is 17.7 Å². The average molecular weight is 330 g/mol. The number of hydrogen-bond acceptors (Lipinski definition) is 3. The highest BCUT2D eigenvalue weighted by molar-refractivity contribution is 6.08. The highest BCUT2D eigenvalue weighted by Crippen LogP contribution is 2.41. The van der Waals surface area contributed by atoms with Crippen molar-refractivity contribution in [1.29, 1.82) is 0 Å². The Morgan fingerprint density at radius 1 is 1.21 bits per heavy atom. The molecule has 4 nitrogen and oxygen atoms in total. The number of benzene rings is 2. The van der Waals surface area contributed by atoms with Crippen molar-refractivity contribution in [3.63, 3.8) is 0 Å². The van der Waals surface area contributed by atoms with Crippen LogP contribution in [0.3, 0.4) is 0 Å². The van der Waals surface area contributed by atoms with Gasteiger partial charge in [0.05, 0.1) is 0 Å². The Bertz CT molecular complexity index is 843. The van der Waals surface area contributed by atoms with E-state index in [-0.39, 0.29) is 17.9 Å². The van der Waals surface area contributed by atoms with E-state index < -0.39 is 18.1 Å². The fraction of sp³-hybridized carbons (Fsp3) is 0.333. The van der Waals surface area contributed by atoms with Crippen molar-refractivity contribution in [2.75, 3.05) is 0 Å². The minimum atomic E-state index is -3.09. The van der Waals surface area contributed by atoms with Crippen LogP contribution < -0.4 is 0 Å². The SMILES string of the molecule is O=C(c1cccc2ccccc12)N1N=C(C2CC2)C[C@@]1(O)C(F)F. The summed E-state index contributed by atoms with van der Waals surface area (Å²) in [7, 11) is 0. The molecule has 1 fully saturated rings. The Balaban J connectivity index is 1.78. The number of aliphatic hydroxyl groups is 1. The molecule has 0 aromatic heterocycles. The second-order valence-electron chi connectivity index (χ2n) is 6.37. The largest absolute Gasteiger partial charge is 0.364 e. The molecule has 4 rings (SSSR count). The minimum absolute atomic E-state index is 0.112. The Morgan fingerprint density at radius 3 is 2.62 bits per heavy atom. The van der Waals surface area contributed by atoms with Crippen LogP contribution >= 0.6 is 0 Å². The number of halogens is 2. The summed E-state index contributed by atoms with van der Waals surface area (Å²) < 4.78 is 27.0. The van der Waals surface area contributed by atoms with Gasteiger partial charge in [0.25, 0.3) is 12.3 Å². The summed E-state index contributed by atoms with van der Waals surface area (Å²) in [6.07, 6.45) is -1.63. The van der Waals surface area contributed by atoms with E-state index >= 15 is 0 Å². The molecule has 6 heteroatoms. The molecule has 2 aromatic carbocycles. The third kappa shape index (κ3) is 2.29. The predicted molar refractivity (Wildman–Crippen MR) is 85.8 cm³/mol. The fourth-order valence-electron chi connectivity index (χ4n) is 3.15. The second kappa shape index (κ2) is 5.34. The number of hydrogen-bond donors (Lipinski definition) is 1. The maximum absolute atomic E-state index is 13.5. The number of carbonyl (C=O) groups excluding carboxylic acids is 1. The summed E-state index contributed by atoms with van der Waals surface area (Å²) in [5.74, 6) is -0.592. The molecule has 1 heterocycles. The number of carbonyl (C=O) groups is 1. The van der Waals surface area contributed by atoms with Crippen LogP contribution in [0.5, 0.6) is 0 Å². The first-order chi connectivity index (χ1) is 11.5. The van der Waals surface area contributed by atoms with Crippen molar-refractivity contribution in [2.45, 2.75) is 31.4 Å². The van der Waals surface area contributed by atoms with Gasteiger partial charge in [-0.1, -0.05) is 36.4 Å². The second-order valence-corrected chi connectivity index (χ2v) is 6.37. The monoisotopic (exact) mass is 330 g/mol. The molecule has 0 unspecified atom stereocenters. The molecule has 1 N–H and O–H groups in total. The smallest absolute Gasteiger partial charge is 0.287 e. The summed E-state index contributed by atoms with van der Waals surface area (Å²) in [6, 6.07) is 12.3. The van der Waals surface area contributed by atoms with Gasteiger partial charge in [-0.3, -0.25) is 4.79 Å². The van der Waals surface area contributed by atoms with Crippen molar-refractivity contribution in [3.8, 4) is 0 Å². The van der Waals surface area contributed by atoms with E-state index in [4.69, 9.17) is 0 Å². The summed E-state index contributed by atoms with van der Waals surface area (Å²) in [4.78, 5) is 12.9. The third-order valence-corrected chi connectivity index (χ3v) is 4.65. The van der Waals surface area contributed by atoms with Gasteiger partial charge in [0.1, 0.15) is 0 Å². The van der Waals surface area contributed by atoms with Gasteiger partial charge in [0.15, 0.2) is 0 Å². The molecule has 124 valence electrons. The molecule has 2 aliphatic rings. The number of fused-ring (bicyclic) bond motifs is 1. The third-order valence-electron chi connectivity index (χ3n) is 4.65. The standard InChI is InChI=1S/C18H16F2N2O2/c19-17(20)18(24)10-15(12-8-9-12)21-22(18)16(23)14-7-3-5-11-4-1-2-6-13(11)14/h1-7,12,17,24H,8-10H2/t18-/m1/s1. The van der Waals surface area contributed by atoms with E-state index in [1.807, 2.05) is 18.2 Å². The highest BCUT2D eigenvalue weighted by atomic mass is 19.3. The summed E-state index contributed by atoms with van der Waals surface area (Å²) >= 11 is 0. The van der Waals surface area contributed by atoms with Crippen LogP contribution in [-0.2, 0) is 0 Å². The van der Waals surface area contributed by atoms with Crippen LogP contribution in [0.15, 0.2) is 47.6 Å². The zero-order valence-corrected chi connectivity index (χ0v) is 12.8. The maximum atomic E-state index is 13.5. The van der Waals surface area contributed by atoms with Crippen molar-refractivity contribution in [3.05, 3.63) is 48.0 Å². The van der Waals surface area contributed by atoms with Crippen molar-refractivity contribution < 1.29 is 18.7 Å². The Morgan fingerprint density at radius 2 is 1.92 bits per heavy atom. The molecular formula is C18H16F2N2O2. The fourth-order valence-corrected chi connectivity index (χ4v) is 3.15. The Labute approximate surface area is 137 Å². The van der Waals surface area contributed by atoms with Crippen LogP contribution in [0.2, 0.25) is 0 Å². The van der Waals surface area contributed by atoms with Gasteiger partial charge in [-0.25, -0.2) is 8.78 Å². The summed E-state index contributed by atoms with van der Waals surface area (Å²) in [5, 5.41) is 16.6. The van der Waals surface area contributed by atoms with Crippen LogP contribution in [0, 0.1) is 5.92 Å². The molecule has 1 atom stereocenters. The first-order valence-electron chi connectivity index (χ1n) is 7.91. The first-order valence-corrected chi connectivity index (χ1v) is 7.91. The average Bonchev–Trinajstić information content (AvgIpc) is 3.37. The van der Waals surface area contributed by atoms with Crippen molar-refractivity contribution in [2.24, 2.45) is 11.0 Å². The van der Waals surface area contributed by atoms with Crippen molar-refractivity contribution >= 4 is 22.4 Å². The molecule has 2 aromatic rings. The molecule has 1 aliphatic heterocycles. The van der Waals surface area contributed by atoms with E-state index in [0.717, 1.165) is 18.2 Å². The molecule has 1 amide bonds. The summed E-state index contributed by atoms with van der Waals surface area (Å²) in [5.41, 5.74) is -1.81. The zero-order valence-electron chi connectivity index (χ0n) is 12.8. The zero-order chi connectivity index (χ0) is 16.9. The topological polar surface area (TPSA) is 52.9 Å². The van der Waals surface area contributed by atoms with Gasteiger partial charge in [-0.05, 0) is 35.6 Å². The first kappa shape index (κ1) is 15.2. The van der Waals surface area contributed by atoms with Crippen molar-refractivity contribution in [1.82, 2.24) is 5.01 Å². The molecular weight excluding hydrogens is 314 g/mol. The van der Waals surface area contributed by atoms with Crippen LogP contribution in [-0.4, -0.2) is 33.9 Å². The number of alkyl halides is 2. The van der Waals surface area contributed by atoms with Crippen LogP contribution in [0.25, 0.3) is 10.8 Å². The molecule has 0 radical (unpaired) electrons. The van der Waals surface area contributed by atoms with Gasteiger partial charge >= 0.3 is 0 Å². The van der Waals surface area contributed by atoms with Crippen LogP contribution in [0.1, 0.15) is 29.6 Å². The molecule has 1 saturated carbocycles. The van der Waals surface area contributed by atoms with E-state index in [0.29, 0.717) is 16.1 Å². The molecule has 0 saturated heterocycles. The maximum Gasteiger partial charge on any atom is 0.287 e. The lowest BCUT2D eigenvalue weighted by Gasteiger charge is -2.30. The number of hydrazone groups is 1. The van der Waals surface area contributed by atoms with Gasteiger partial charge < -0.3 is 5.11 Å². The number of amides is 1. The van der Waals surface area contributed by atoms with Gasteiger partial charge in [0.2, 0.25) is 5.72 Å². The van der Waals surface area contributed by atoms with E-state index in [1.54, 1.807) is 24.3 Å². The van der Waals surface area contributed by atoms with Gasteiger partial charge in [-0.15, -0.1) is 0 Å². The quantitative estimate of drug-likeness (QED) is 0.938. The lowest BCUT2D eigenvalue weighted by molar-refractivity contribution is -0.164. The predicted octanol–water partition coefficient (Wildman–Crippen LogP) is 3.41. The summed E-state index contributed by atoms with van der Waals surface area (Å²) in [6.45, 7) is 0. The van der Waals surface area contributed by atoms with E-state index in [2.05, 4.69) is 5.10 Å². The lowest BCUT2D eigenvalue weighted by atomic mass is 10.0. The number of nitrogens with zero attached hydrogens (tertiary/aromatic N) is 2.